The standard InChI is InChI=1S/C17H25NO5/c1-5-7-11(8-6-2)16(19)18-13-10-15(23-4)14(22-3)9-12(13)17(20)21/h9-11H,5-8H2,1-4H3,(H,18,19)(H,20,21). The first-order chi connectivity index (χ1) is 11.0. The van der Waals surface area contributed by atoms with E-state index in [0.717, 1.165) is 25.7 Å². The van der Waals surface area contributed by atoms with Crippen LogP contribution in [0.3, 0.4) is 0 Å². The summed E-state index contributed by atoms with van der Waals surface area (Å²) in [5.41, 5.74) is 0.195. The van der Waals surface area contributed by atoms with E-state index in [0.29, 0.717) is 11.5 Å². The molecule has 2 N–H and O–H groups in total. The maximum absolute atomic E-state index is 12.4. The number of carbonyl (C=O) groups excluding carboxylic acids is 1. The summed E-state index contributed by atoms with van der Waals surface area (Å²) in [7, 11) is 2.89. The normalized spacial score (nSPS) is 10.5. The minimum absolute atomic E-state index is 0.0252. The highest BCUT2D eigenvalue weighted by Gasteiger charge is 2.21. The molecule has 128 valence electrons. The van der Waals surface area contributed by atoms with Crippen molar-refractivity contribution in [2.24, 2.45) is 5.92 Å². The lowest BCUT2D eigenvalue weighted by molar-refractivity contribution is -0.120. The minimum atomic E-state index is -1.14. The van der Waals surface area contributed by atoms with Crippen molar-refractivity contribution >= 4 is 17.6 Å². The Labute approximate surface area is 136 Å². The molecule has 1 amide bonds. The van der Waals surface area contributed by atoms with Crippen LogP contribution < -0.4 is 14.8 Å². The summed E-state index contributed by atoms with van der Waals surface area (Å²) in [6.45, 7) is 4.05. The number of aromatic carboxylic acids is 1. The lowest BCUT2D eigenvalue weighted by Crippen LogP contribution is -2.24. The molecule has 23 heavy (non-hydrogen) atoms. The third-order valence-corrected chi connectivity index (χ3v) is 3.66. The molecule has 0 spiro atoms. The number of rotatable bonds is 9. The monoisotopic (exact) mass is 323 g/mol. The Hall–Kier alpha value is -2.24. The van der Waals surface area contributed by atoms with Gasteiger partial charge in [-0.15, -0.1) is 0 Å². The number of nitrogens with one attached hydrogen (secondary N) is 1. The predicted octanol–water partition coefficient (Wildman–Crippen LogP) is 3.56. The molecular weight excluding hydrogens is 298 g/mol. The number of anilines is 1. The Balaban J connectivity index is 3.14. The van der Waals surface area contributed by atoms with E-state index in [1.54, 1.807) is 0 Å². The Bertz CT molecular complexity index is 550. The van der Waals surface area contributed by atoms with E-state index in [4.69, 9.17) is 9.47 Å². The Morgan fingerprint density at radius 1 is 1.09 bits per heavy atom. The third kappa shape index (κ3) is 4.87. The molecule has 0 fully saturated rings. The maximum Gasteiger partial charge on any atom is 0.337 e. The maximum atomic E-state index is 12.4. The second kappa shape index (κ2) is 9.02. The van der Waals surface area contributed by atoms with Crippen LogP contribution in [0.5, 0.6) is 11.5 Å². The fourth-order valence-corrected chi connectivity index (χ4v) is 2.50. The van der Waals surface area contributed by atoms with Gasteiger partial charge in [0.2, 0.25) is 5.91 Å². The summed E-state index contributed by atoms with van der Waals surface area (Å²) >= 11 is 0. The zero-order chi connectivity index (χ0) is 17.4. The second-order valence-electron chi connectivity index (χ2n) is 5.32. The van der Waals surface area contributed by atoms with E-state index >= 15 is 0 Å². The van der Waals surface area contributed by atoms with Crippen molar-refractivity contribution in [2.45, 2.75) is 39.5 Å². The molecular formula is C17H25NO5. The summed E-state index contributed by atoms with van der Waals surface area (Å²) < 4.78 is 10.3. The molecule has 0 heterocycles. The largest absolute Gasteiger partial charge is 0.493 e. The molecule has 0 saturated heterocycles. The van der Waals surface area contributed by atoms with Crippen LogP contribution >= 0.6 is 0 Å². The molecule has 0 aliphatic carbocycles. The SMILES string of the molecule is CCCC(CCC)C(=O)Nc1cc(OC)c(OC)cc1C(=O)O. The number of methoxy groups -OCH3 is 2. The third-order valence-electron chi connectivity index (χ3n) is 3.66. The van der Waals surface area contributed by atoms with Crippen LogP contribution in [-0.2, 0) is 4.79 Å². The van der Waals surface area contributed by atoms with Gasteiger partial charge in [0.05, 0.1) is 25.5 Å². The molecule has 6 nitrogen and oxygen atoms in total. The number of benzene rings is 1. The molecule has 0 radical (unpaired) electrons. The number of amides is 1. The van der Waals surface area contributed by atoms with E-state index < -0.39 is 5.97 Å². The first kappa shape index (κ1) is 18.8. The van der Waals surface area contributed by atoms with E-state index in [1.165, 1.54) is 26.4 Å². The summed E-state index contributed by atoms with van der Waals surface area (Å²) in [5, 5.41) is 12.1. The van der Waals surface area contributed by atoms with Crippen LogP contribution in [0.1, 0.15) is 49.9 Å². The van der Waals surface area contributed by atoms with Gasteiger partial charge >= 0.3 is 5.97 Å². The molecule has 1 rings (SSSR count). The topological polar surface area (TPSA) is 84.9 Å². The first-order valence-corrected chi connectivity index (χ1v) is 7.78. The van der Waals surface area contributed by atoms with Gasteiger partial charge in [0.25, 0.3) is 0 Å². The number of hydrogen-bond donors (Lipinski definition) is 2. The first-order valence-electron chi connectivity index (χ1n) is 7.78. The summed E-state index contributed by atoms with van der Waals surface area (Å²) in [5.74, 6) is -0.746. The Morgan fingerprint density at radius 3 is 2.04 bits per heavy atom. The van der Waals surface area contributed by atoms with Crippen molar-refractivity contribution in [3.8, 4) is 11.5 Å². The zero-order valence-corrected chi connectivity index (χ0v) is 14.1. The van der Waals surface area contributed by atoms with Crippen LogP contribution in [-0.4, -0.2) is 31.2 Å². The number of carboxylic acids is 1. The Kier molecular flexibility index (Phi) is 7.38. The second-order valence-corrected chi connectivity index (χ2v) is 5.32. The highest BCUT2D eigenvalue weighted by atomic mass is 16.5. The number of carbonyl (C=O) groups is 2. The van der Waals surface area contributed by atoms with Gasteiger partial charge in [-0.25, -0.2) is 4.79 Å². The average Bonchev–Trinajstić information content (AvgIpc) is 2.53. The molecule has 0 aromatic heterocycles. The van der Waals surface area contributed by atoms with Gasteiger partial charge in [-0.1, -0.05) is 26.7 Å². The molecule has 6 heteroatoms. The van der Waals surface area contributed by atoms with Crippen molar-refractivity contribution in [2.75, 3.05) is 19.5 Å². The van der Waals surface area contributed by atoms with E-state index in [1.807, 2.05) is 13.8 Å². The lowest BCUT2D eigenvalue weighted by atomic mass is 9.97. The molecule has 0 atom stereocenters. The summed E-state index contributed by atoms with van der Waals surface area (Å²) in [6, 6.07) is 2.83. The van der Waals surface area contributed by atoms with E-state index in [2.05, 4.69) is 5.32 Å². The fraction of sp³-hybridized carbons (Fsp3) is 0.529. The minimum Gasteiger partial charge on any atom is -0.493 e. The summed E-state index contributed by atoms with van der Waals surface area (Å²) in [4.78, 5) is 23.9. The highest BCUT2D eigenvalue weighted by molar-refractivity contribution is 6.02. The zero-order valence-electron chi connectivity index (χ0n) is 14.1. The van der Waals surface area contributed by atoms with Crippen LogP contribution in [0.2, 0.25) is 0 Å². The molecule has 0 aliphatic rings. The van der Waals surface area contributed by atoms with E-state index in [-0.39, 0.29) is 23.1 Å². The van der Waals surface area contributed by atoms with Crippen LogP contribution in [0.4, 0.5) is 5.69 Å². The quantitative estimate of drug-likeness (QED) is 0.726. The van der Waals surface area contributed by atoms with Gasteiger partial charge in [-0.05, 0) is 12.8 Å². The lowest BCUT2D eigenvalue weighted by Gasteiger charge is -2.18. The number of carboxylic acid groups (broad SMARTS) is 1. The van der Waals surface area contributed by atoms with Gasteiger partial charge < -0.3 is 19.9 Å². The number of ether oxygens (including phenoxy) is 2. The van der Waals surface area contributed by atoms with Crippen LogP contribution in [0, 0.1) is 5.92 Å². The predicted molar refractivity (Wildman–Crippen MR) is 88.4 cm³/mol. The van der Waals surface area contributed by atoms with Crippen LogP contribution in [0.15, 0.2) is 12.1 Å². The van der Waals surface area contributed by atoms with Crippen molar-refractivity contribution in [1.82, 2.24) is 0 Å². The number of hydrogen-bond acceptors (Lipinski definition) is 4. The molecule has 1 aromatic carbocycles. The van der Waals surface area contributed by atoms with E-state index in [9.17, 15) is 14.7 Å². The van der Waals surface area contributed by atoms with Crippen molar-refractivity contribution in [3.05, 3.63) is 17.7 Å². The molecule has 0 unspecified atom stereocenters. The fourth-order valence-electron chi connectivity index (χ4n) is 2.50. The van der Waals surface area contributed by atoms with Gasteiger partial charge in [-0.2, -0.15) is 0 Å². The molecule has 1 aromatic rings. The smallest absolute Gasteiger partial charge is 0.337 e. The van der Waals surface area contributed by atoms with Crippen molar-refractivity contribution < 1.29 is 24.2 Å². The van der Waals surface area contributed by atoms with Gasteiger partial charge in [-0.3, -0.25) is 4.79 Å². The van der Waals surface area contributed by atoms with Gasteiger partial charge in [0.1, 0.15) is 0 Å². The molecule has 0 bridgehead atoms. The van der Waals surface area contributed by atoms with Gasteiger partial charge in [0, 0.05) is 18.1 Å². The summed E-state index contributed by atoms with van der Waals surface area (Å²) in [6.07, 6.45) is 3.34. The molecule has 0 aliphatic heterocycles. The Morgan fingerprint density at radius 2 is 1.61 bits per heavy atom. The highest BCUT2D eigenvalue weighted by Crippen LogP contribution is 2.34. The van der Waals surface area contributed by atoms with Gasteiger partial charge in [0.15, 0.2) is 11.5 Å². The van der Waals surface area contributed by atoms with Crippen molar-refractivity contribution in [1.29, 1.82) is 0 Å². The average molecular weight is 323 g/mol. The van der Waals surface area contributed by atoms with Crippen LogP contribution in [0.25, 0.3) is 0 Å². The van der Waals surface area contributed by atoms with Crippen molar-refractivity contribution in [3.63, 3.8) is 0 Å². The molecule has 0 saturated carbocycles.